The van der Waals surface area contributed by atoms with Gasteiger partial charge < -0.3 is 26.1 Å². The molecular formula is C22H21BrN8O2. The standard InChI is InChI=1S/C22H21BrN8O2/c1-2-13-17(23)16-18(28-13)29-21(33-10-3-4-14-15(7-10)27-6-5-26-14)30-19(16)31-8-11-12(9-31)22(11,25)20(24)32/h3-7,11-12H,2,8-9,25H2,1H3,(H2,24,32)(H,28,29,30). The van der Waals surface area contributed by atoms with Gasteiger partial charge in [-0.25, -0.2) is 0 Å². The van der Waals surface area contributed by atoms with E-state index >= 15 is 0 Å². The predicted octanol–water partition coefficient (Wildman–Crippen LogP) is 2.27. The van der Waals surface area contributed by atoms with E-state index in [0.717, 1.165) is 38.8 Å². The highest BCUT2D eigenvalue weighted by molar-refractivity contribution is 9.10. The van der Waals surface area contributed by atoms with Crippen molar-refractivity contribution in [3.05, 3.63) is 40.8 Å². The number of amides is 1. The fourth-order valence-corrected chi connectivity index (χ4v) is 5.65. The molecule has 33 heavy (non-hydrogen) atoms. The van der Waals surface area contributed by atoms with E-state index in [1.165, 1.54) is 0 Å². The Kier molecular flexibility index (Phi) is 4.36. The number of fused-ring (bicyclic) bond motifs is 3. The van der Waals surface area contributed by atoms with E-state index in [1.54, 1.807) is 18.5 Å². The average Bonchev–Trinajstić information content (AvgIpc) is 3.12. The van der Waals surface area contributed by atoms with Crippen LogP contribution in [0.3, 0.4) is 0 Å². The molecule has 1 saturated carbocycles. The first kappa shape index (κ1) is 20.3. The summed E-state index contributed by atoms with van der Waals surface area (Å²) in [6.07, 6.45) is 4.09. The number of hydrogen-bond acceptors (Lipinski definition) is 8. The third-order valence-electron chi connectivity index (χ3n) is 6.79. The maximum absolute atomic E-state index is 11.8. The van der Waals surface area contributed by atoms with E-state index in [9.17, 15) is 4.79 Å². The van der Waals surface area contributed by atoms with Gasteiger partial charge in [-0.1, -0.05) is 6.92 Å². The Hall–Kier alpha value is -3.31. The lowest BCUT2D eigenvalue weighted by Gasteiger charge is -2.24. The van der Waals surface area contributed by atoms with Crippen LogP contribution in [-0.2, 0) is 11.2 Å². The SMILES string of the molecule is CCc1[nH]c2nc(Oc3ccc4nccnc4c3)nc(N3CC4C(C3)C4(N)C(N)=O)c2c1Br. The second-order valence-electron chi connectivity index (χ2n) is 8.55. The fraction of sp³-hybridized carbons (Fsp3) is 0.318. The van der Waals surface area contributed by atoms with Crippen LogP contribution in [0, 0.1) is 11.8 Å². The van der Waals surface area contributed by atoms with Gasteiger partial charge in [-0.05, 0) is 34.5 Å². The van der Waals surface area contributed by atoms with Crippen molar-refractivity contribution in [1.29, 1.82) is 0 Å². The first-order valence-electron chi connectivity index (χ1n) is 10.7. The van der Waals surface area contributed by atoms with Crippen molar-refractivity contribution < 1.29 is 9.53 Å². The first-order valence-corrected chi connectivity index (χ1v) is 11.5. The van der Waals surface area contributed by atoms with Gasteiger partial charge in [-0.2, -0.15) is 9.97 Å². The Morgan fingerprint density at radius 3 is 2.67 bits per heavy atom. The summed E-state index contributed by atoms with van der Waals surface area (Å²) in [7, 11) is 0. The van der Waals surface area contributed by atoms with E-state index < -0.39 is 11.4 Å². The number of nitrogens with one attached hydrogen (secondary N) is 1. The van der Waals surface area contributed by atoms with Gasteiger partial charge in [0.15, 0.2) is 0 Å². The molecule has 5 N–H and O–H groups in total. The number of piperidine rings is 1. The summed E-state index contributed by atoms with van der Waals surface area (Å²) >= 11 is 3.71. The number of nitrogens with two attached hydrogens (primary N) is 2. The molecule has 1 amide bonds. The molecule has 3 aromatic heterocycles. The Morgan fingerprint density at radius 1 is 1.24 bits per heavy atom. The summed E-state index contributed by atoms with van der Waals surface area (Å²) < 4.78 is 6.97. The van der Waals surface area contributed by atoms with Crippen LogP contribution in [0.1, 0.15) is 12.6 Å². The Morgan fingerprint density at radius 2 is 1.97 bits per heavy atom. The minimum atomic E-state index is -0.919. The summed E-state index contributed by atoms with van der Waals surface area (Å²) in [5.74, 6) is 0.897. The topological polar surface area (TPSA) is 149 Å². The summed E-state index contributed by atoms with van der Waals surface area (Å²) in [4.78, 5) is 35.3. The van der Waals surface area contributed by atoms with Crippen molar-refractivity contribution in [2.24, 2.45) is 23.3 Å². The quantitative estimate of drug-likeness (QED) is 0.371. The number of halogens is 1. The van der Waals surface area contributed by atoms with E-state index in [1.807, 2.05) is 12.1 Å². The van der Waals surface area contributed by atoms with Gasteiger partial charge in [0, 0.05) is 49.1 Å². The molecule has 168 valence electrons. The normalized spacial score (nSPS) is 23.8. The average molecular weight is 509 g/mol. The van der Waals surface area contributed by atoms with Gasteiger partial charge in [0.1, 0.15) is 22.8 Å². The molecule has 2 atom stereocenters. The number of ether oxygens (including phenoxy) is 1. The first-order chi connectivity index (χ1) is 15.9. The van der Waals surface area contributed by atoms with Crippen molar-refractivity contribution in [1.82, 2.24) is 24.9 Å². The zero-order valence-electron chi connectivity index (χ0n) is 17.7. The Labute approximate surface area is 196 Å². The molecule has 0 spiro atoms. The highest BCUT2D eigenvalue weighted by Crippen LogP contribution is 2.54. The lowest BCUT2D eigenvalue weighted by molar-refractivity contribution is -0.120. The highest BCUT2D eigenvalue weighted by Gasteiger charge is 2.70. The lowest BCUT2D eigenvalue weighted by Crippen LogP contribution is -2.47. The number of primary amides is 1. The molecule has 2 aliphatic rings. The molecule has 4 aromatic rings. The van der Waals surface area contributed by atoms with E-state index in [4.69, 9.17) is 21.2 Å². The number of carbonyl (C=O) groups is 1. The van der Waals surface area contributed by atoms with E-state index in [0.29, 0.717) is 24.5 Å². The molecule has 2 fully saturated rings. The van der Waals surface area contributed by atoms with Crippen LogP contribution < -0.4 is 21.1 Å². The summed E-state index contributed by atoms with van der Waals surface area (Å²) in [5.41, 5.74) is 14.1. The number of anilines is 1. The second kappa shape index (κ2) is 7.09. The van der Waals surface area contributed by atoms with Crippen molar-refractivity contribution in [3.63, 3.8) is 0 Å². The summed E-state index contributed by atoms with van der Waals surface area (Å²) in [6.45, 7) is 3.26. The summed E-state index contributed by atoms with van der Waals surface area (Å²) in [5, 5.41) is 0.881. The minimum absolute atomic E-state index is 0.0202. The molecule has 0 bridgehead atoms. The molecular weight excluding hydrogens is 488 g/mol. The van der Waals surface area contributed by atoms with Crippen molar-refractivity contribution in [3.8, 4) is 11.8 Å². The van der Waals surface area contributed by atoms with Crippen LogP contribution in [0.4, 0.5) is 5.82 Å². The van der Waals surface area contributed by atoms with Crippen LogP contribution in [0.2, 0.25) is 0 Å². The van der Waals surface area contributed by atoms with Gasteiger partial charge in [0.05, 0.1) is 20.9 Å². The maximum Gasteiger partial charge on any atom is 0.325 e. The molecule has 2 unspecified atom stereocenters. The Bertz CT molecular complexity index is 1420. The molecule has 11 heteroatoms. The number of hydrogen-bond donors (Lipinski definition) is 3. The van der Waals surface area contributed by atoms with Crippen LogP contribution >= 0.6 is 15.9 Å². The third-order valence-corrected chi connectivity index (χ3v) is 7.67. The van der Waals surface area contributed by atoms with Crippen LogP contribution in [0.5, 0.6) is 11.8 Å². The number of aromatic amines is 1. The Balaban J connectivity index is 1.39. The molecule has 1 aliphatic heterocycles. The van der Waals surface area contributed by atoms with Gasteiger partial charge in [0.25, 0.3) is 0 Å². The van der Waals surface area contributed by atoms with Gasteiger partial charge in [-0.15, -0.1) is 0 Å². The molecule has 1 aromatic carbocycles. The minimum Gasteiger partial charge on any atom is -0.424 e. The van der Waals surface area contributed by atoms with Gasteiger partial charge in [0.2, 0.25) is 5.91 Å². The van der Waals surface area contributed by atoms with Crippen LogP contribution in [0.25, 0.3) is 22.1 Å². The number of benzene rings is 1. The molecule has 1 saturated heterocycles. The molecule has 0 radical (unpaired) electrons. The summed E-state index contributed by atoms with van der Waals surface area (Å²) in [6, 6.07) is 5.67. The molecule has 1 aliphatic carbocycles. The molecule has 10 nitrogen and oxygen atoms in total. The predicted molar refractivity (Wildman–Crippen MR) is 126 cm³/mol. The zero-order valence-corrected chi connectivity index (χ0v) is 19.3. The molecule has 4 heterocycles. The monoisotopic (exact) mass is 508 g/mol. The maximum atomic E-state index is 11.8. The number of aromatic nitrogens is 5. The highest BCUT2D eigenvalue weighted by atomic mass is 79.9. The number of aryl methyl sites for hydroxylation is 1. The zero-order chi connectivity index (χ0) is 22.9. The lowest BCUT2D eigenvalue weighted by atomic mass is 10.1. The smallest absolute Gasteiger partial charge is 0.325 e. The van der Waals surface area contributed by atoms with Gasteiger partial charge in [-0.3, -0.25) is 14.8 Å². The fourth-order valence-electron chi connectivity index (χ4n) is 4.91. The van der Waals surface area contributed by atoms with Gasteiger partial charge >= 0.3 is 6.01 Å². The van der Waals surface area contributed by atoms with Crippen LogP contribution in [0.15, 0.2) is 35.1 Å². The number of H-pyrrole nitrogens is 1. The third kappa shape index (κ3) is 2.99. The number of carbonyl (C=O) groups excluding carboxylic acids is 1. The van der Waals surface area contributed by atoms with Crippen LogP contribution in [-0.4, -0.2) is 49.5 Å². The van der Waals surface area contributed by atoms with Crippen molar-refractivity contribution in [2.75, 3.05) is 18.0 Å². The largest absolute Gasteiger partial charge is 0.424 e. The second-order valence-corrected chi connectivity index (χ2v) is 9.34. The number of rotatable bonds is 5. The number of nitrogens with zero attached hydrogens (tertiary/aromatic N) is 5. The van der Waals surface area contributed by atoms with E-state index in [2.05, 4.69) is 47.7 Å². The van der Waals surface area contributed by atoms with Crippen molar-refractivity contribution >= 4 is 49.7 Å². The van der Waals surface area contributed by atoms with E-state index in [-0.39, 0.29) is 17.8 Å². The molecule has 6 rings (SSSR count). The van der Waals surface area contributed by atoms with Crippen molar-refractivity contribution in [2.45, 2.75) is 18.9 Å².